The largest absolute Gasteiger partial charge is 0.379 e. The van der Waals surface area contributed by atoms with Crippen LogP contribution in [-0.4, -0.2) is 130 Å². The number of nitriles is 1. The van der Waals surface area contributed by atoms with Crippen LogP contribution in [0.2, 0.25) is 0 Å². The van der Waals surface area contributed by atoms with Crippen LogP contribution in [0.25, 0.3) is 11.2 Å². The summed E-state index contributed by atoms with van der Waals surface area (Å²) in [5, 5.41) is 9.18. The minimum atomic E-state index is -1.52. The number of nitrogens with zero attached hydrogens (tertiary/aromatic N) is 9. The molecule has 0 N–H and O–H groups in total. The number of hydrogen-bond donors (Lipinski definition) is 0. The highest BCUT2D eigenvalue weighted by atomic mass is 31.2. The first-order valence-corrected chi connectivity index (χ1v) is 15.6. The van der Waals surface area contributed by atoms with Gasteiger partial charge >= 0.3 is 0 Å². The quantitative estimate of drug-likeness (QED) is 0.144. The van der Waals surface area contributed by atoms with Crippen LogP contribution in [0, 0.1) is 11.3 Å². The zero-order chi connectivity index (χ0) is 29.9. The van der Waals surface area contributed by atoms with Gasteiger partial charge in [0.1, 0.15) is 24.1 Å². The number of morpholine rings is 1. The maximum atomic E-state index is 9.18. The molecule has 2 aromatic heterocycles. The van der Waals surface area contributed by atoms with Crippen molar-refractivity contribution in [1.82, 2.24) is 34.0 Å². The van der Waals surface area contributed by atoms with Gasteiger partial charge in [-0.25, -0.2) is 24.6 Å². The second kappa shape index (κ2) is 13.5. The normalized spacial score (nSPS) is 27.2. The topological polar surface area (TPSA) is 136 Å². The molecule has 5 rings (SSSR count). The van der Waals surface area contributed by atoms with E-state index in [2.05, 4.69) is 63.3 Å². The molecular formula is C27H42N9O5P. The Labute approximate surface area is 248 Å². The molecule has 2 aromatic rings. The van der Waals surface area contributed by atoms with E-state index in [1.54, 1.807) is 12.7 Å². The number of hydrogen-bond acceptors (Lipinski definition) is 12. The Bertz CT molecular complexity index is 1260. The Morgan fingerprint density at radius 2 is 1.98 bits per heavy atom. The van der Waals surface area contributed by atoms with Crippen LogP contribution < -0.4 is 0 Å². The molecule has 3 saturated heterocycles. The molecular weight excluding hydrogens is 561 g/mol. The van der Waals surface area contributed by atoms with Crippen molar-refractivity contribution < 1.29 is 23.3 Å². The van der Waals surface area contributed by atoms with Crippen molar-refractivity contribution in [2.24, 2.45) is 4.99 Å². The molecule has 5 heterocycles. The Morgan fingerprint density at radius 3 is 2.67 bits per heavy atom. The number of ether oxygens (including phenoxy) is 3. The third-order valence-corrected chi connectivity index (χ3v) is 9.57. The molecule has 3 fully saturated rings. The van der Waals surface area contributed by atoms with Gasteiger partial charge in [0, 0.05) is 45.8 Å². The molecule has 3 unspecified atom stereocenters. The van der Waals surface area contributed by atoms with Crippen LogP contribution in [0.15, 0.2) is 17.6 Å². The zero-order valence-electron chi connectivity index (χ0n) is 25.3. The summed E-state index contributed by atoms with van der Waals surface area (Å²) in [7, 11) is 2.28. The molecule has 0 saturated carbocycles. The first-order chi connectivity index (χ1) is 20.2. The minimum absolute atomic E-state index is 0.167. The molecule has 0 radical (unpaired) electrons. The molecule has 15 heteroatoms. The Morgan fingerprint density at radius 1 is 1.21 bits per heavy atom. The standard InChI is InChI=1S/C27H42N9O5P/c1-19(2)36(20(3)4)42(39-11-7-8-28)41-23-22-26(40-27(23,15-38-22)14-34-9-12-37-13-10-34)35-18-31-21-24(32-17-33(5)6)29-16-30-25(21)35/h16-20,22-23,26H,7,9-15H2,1-6H3/t22?,23?,26-,27+,42?/m1/s1. The van der Waals surface area contributed by atoms with E-state index in [0.29, 0.717) is 43.3 Å². The average molecular weight is 604 g/mol. The van der Waals surface area contributed by atoms with Gasteiger partial charge in [-0.15, -0.1) is 0 Å². The molecule has 0 aromatic carbocycles. The monoisotopic (exact) mass is 603 g/mol. The van der Waals surface area contributed by atoms with Crippen LogP contribution in [-0.2, 0) is 23.3 Å². The van der Waals surface area contributed by atoms with Gasteiger partial charge in [0.25, 0.3) is 8.53 Å². The number of aliphatic imine (C=N–C) groups is 1. The first kappa shape index (κ1) is 31.1. The van der Waals surface area contributed by atoms with E-state index >= 15 is 0 Å². The van der Waals surface area contributed by atoms with Gasteiger partial charge in [0.2, 0.25) is 0 Å². The summed E-state index contributed by atoms with van der Waals surface area (Å²) >= 11 is 0. The van der Waals surface area contributed by atoms with Gasteiger partial charge in [-0.05, 0) is 27.7 Å². The van der Waals surface area contributed by atoms with E-state index in [0.717, 1.165) is 13.1 Å². The number of fused-ring (bicyclic) bond motifs is 3. The molecule has 3 aliphatic heterocycles. The maximum absolute atomic E-state index is 9.18. The lowest BCUT2D eigenvalue weighted by Gasteiger charge is -2.40. The van der Waals surface area contributed by atoms with Crippen LogP contribution >= 0.6 is 8.53 Å². The SMILES string of the molecule is CC(C)N(C(C)C)P(OCCC#N)OC1C2OC[C@]1(CN1CCOCC1)O[C@H]2n1cnc2c(N=CN(C)C)ncnc21. The highest BCUT2D eigenvalue weighted by Gasteiger charge is 2.64. The van der Waals surface area contributed by atoms with Gasteiger partial charge < -0.3 is 28.2 Å². The van der Waals surface area contributed by atoms with E-state index < -0.39 is 32.6 Å². The van der Waals surface area contributed by atoms with Crippen molar-refractivity contribution in [3.63, 3.8) is 0 Å². The smallest absolute Gasteiger partial charge is 0.259 e. The van der Waals surface area contributed by atoms with Gasteiger partial charge in [-0.1, -0.05) is 0 Å². The second-order valence-corrected chi connectivity index (χ2v) is 12.9. The minimum Gasteiger partial charge on any atom is -0.379 e. The van der Waals surface area contributed by atoms with Crippen molar-refractivity contribution in [2.45, 2.75) is 70.2 Å². The second-order valence-electron chi connectivity index (χ2n) is 11.5. The van der Waals surface area contributed by atoms with Gasteiger partial charge in [0.05, 0.1) is 51.6 Å². The molecule has 2 bridgehead atoms. The number of imidazole rings is 1. The third kappa shape index (κ3) is 6.44. The fraction of sp³-hybridized carbons (Fsp3) is 0.741. The Hall–Kier alpha value is -2.34. The van der Waals surface area contributed by atoms with Gasteiger partial charge in [0.15, 0.2) is 23.2 Å². The maximum Gasteiger partial charge on any atom is 0.259 e. The molecule has 3 aliphatic rings. The highest BCUT2D eigenvalue weighted by molar-refractivity contribution is 7.44. The summed E-state index contributed by atoms with van der Waals surface area (Å²) < 4.78 is 36.4. The van der Waals surface area contributed by atoms with Crippen LogP contribution in [0.4, 0.5) is 5.82 Å². The predicted octanol–water partition coefficient (Wildman–Crippen LogP) is 2.71. The van der Waals surface area contributed by atoms with Crippen molar-refractivity contribution in [3.05, 3.63) is 12.7 Å². The lowest BCUT2D eigenvalue weighted by atomic mass is 9.98. The molecule has 0 aliphatic carbocycles. The number of aromatic nitrogens is 4. The van der Waals surface area contributed by atoms with Crippen molar-refractivity contribution >= 4 is 31.8 Å². The van der Waals surface area contributed by atoms with E-state index in [-0.39, 0.29) is 25.1 Å². The van der Waals surface area contributed by atoms with Gasteiger partial charge in [-0.3, -0.25) is 9.47 Å². The molecule has 0 spiro atoms. The van der Waals surface area contributed by atoms with E-state index in [1.165, 1.54) is 6.33 Å². The molecule has 230 valence electrons. The van der Waals surface area contributed by atoms with E-state index in [9.17, 15) is 5.26 Å². The fourth-order valence-electron chi connectivity index (χ4n) is 5.71. The predicted molar refractivity (Wildman–Crippen MR) is 157 cm³/mol. The lowest BCUT2D eigenvalue weighted by molar-refractivity contribution is -0.181. The van der Waals surface area contributed by atoms with E-state index in [4.69, 9.17) is 23.3 Å². The molecule has 14 nitrogen and oxygen atoms in total. The molecule has 42 heavy (non-hydrogen) atoms. The van der Waals surface area contributed by atoms with Crippen LogP contribution in [0.1, 0.15) is 40.3 Å². The summed E-state index contributed by atoms with van der Waals surface area (Å²) in [6.45, 7) is 12.8. The third-order valence-electron chi connectivity index (χ3n) is 7.46. The summed E-state index contributed by atoms with van der Waals surface area (Å²) in [6, 6.07) is 2.51. The first-order valence-electron chi connectivity index (χ1n) is 14.5. The van der Waals surface area contributed by atoms with E-state index in [1.807, 2.05) is 23.6 Å². The summed E-state index contributed by atoms with van der Waals surface area (Å²) in [5.41, 5.74) is 0.437. The number of rotatable bonds is 13. The summed E-state index contributed by atoms with van der Waals surface area (Å²) in [4.78, 5) is 22.1. The highest BCUT2D eigenvalue weighted by Crippen LogP contribution is 2.55. The summed E-state index contributed by atoms with van der Waals surface area (Å²) in [5.74, 6) is 0.478. The van der Waals surface area contributed by atoms with Gasteiger partial charge in [-0.2, -0.15) is 5.26 Å². The summed E-state index contributed by atoms with van der Waals surface area (Å²) in [6.07, 6.45) is 3.78. The molecule has 0 amide bonds. The molecule has 5 atom stereocenters. The Kier molecular flexibility index (Phi) is 10.0. The fourth-order valence-corrected chi connectivity index (χ4v) is 7.52. The van der Waals surface area contributed by atoms with Crippen LogP contribution in [0.5, 0.6) is 0 Å². The average Bonchev–Trinajstić information content (AvgIpc) is 3.61. The van der Waals surface area contributed by atoms with Crippen LogP contribution in [0.3, 0.4) is 0 Å². The van der Waals surface area contributed by atoms with Crippen molar-refractivity contribution in [1.29, 1.82) is 5.26 Å². The Balaban J connectivity index is 1.49. The zero-order valence-corrected chi connectivity index (χ0v) is 26.2. The van der Waals surface area contributed by atoms with Crippen molar-refractivity contribution in [2.75, 3.05) is 60.2 Å². The lowest BCUT2D eigenvalue weighted by Crippen LogP contribution is -2.53. The van der Waals surface area contributed by atoms with Crippen molar-refractivity contribution in [3.8, 4) is 6.07 Å².